The first kappa shape index (κ1) is 19.1. The highest BCUT2D eigenvalue weighted by molar-refractivity contribution is 9.11. The first-order valence-corrected chi connectivity index (χ1v) is 8.59. The molecular weight excluding hydrogens is 370 g/mol. The van der Waals surface area contributed by atoms with E-state index < -0.39 is 11.7 Å². The summed E-state index contributed by atoms with van der Waals surface area (Å²) in [5.74, 6) is -0.00661. The van der Waals surface area contributed by atoms with E-state index in [9.17, 15) is 9.59 Å². The molecule has 5 nitrogen and oxygen atoms in total. The number of halogens is 1. The molecule has 1 unspecified atom stereocenters. The highest BCUT2D eigenvalue weighted by Gasteiger charge is 2.22. The molecule has 1 heterocycles. The Morgan fingerprint density at radius 3 is 2.55 bits per heavy atom. The summed E-state index contributed by atoms with van der Waals surface area (Å²) in [5, 5.41) is 2.75. The number of hydrogen-bond acceptors (Lipinski definition) is 5. The van der Waals surface area contributed by atoms with Gasteiger partial charge < -0.3 is 14.8 Å². The Balaban J connectivity index is 2.63. The number of carbonyl (C=O) groups excluding carboxylic acids is 2. The van der Waals surface area contributed by atoms with Crippen LogP contribution >= 0.6 is 27.3 Å². The number of ketones is 1. The maximum atomic E-state index is 12.3. The molecule has 0 fully saturated rings. The smallest absolute Gasteiger partial charge is 0.407 e. The summed E-state index contributed by atoms with van der Waals surface area (Å²) in [5.41, 5.74) is -0.571. The van der Waals surface area contributed by atoms with Crippen LogP contribution in [0.15, 0.2) is 15.9 Å². The van der Waals surface area contributed by atoms with Crippen LogP contribution in [0.2, 0.25) is 0 Å². The first-order chi connectivity index (χ1) is 10.2. The van der Waals surface area contributed by atoms with Crippen molar-refractivity contribution < 1.29 is 19.1 Å². The second-order valence-corrected chi connectivity index (χ2v) is 8.32. The van der Waals surface area contributed by atoms with Crippen molar-refractivity contribution in [1.29, 1.82) is 0 Å². The molecule has 0 saturated carbocycles. The van der Waals surface area contributed by atoms with E-state index in [1.807, 2.05) is 6.07 Å². The van der Waals surface area contributed by atoms with Gasteiger partial charge >= 0.3 is 6.09 Å². The van der Waals surface area contributed by atoms with Crippen molar-refractivity contribution in [2.45, 2.75) is 45.3 Å². The van der Waals surface area contributed by atoms with Gasteiger partial charge in [0.1, 0.15) is 5.60 Å². The highest BCUT2D eigenvalue weighted by Crippen LogP contribution is 2.23. The van der Waals surface area contributed by atoms with Crippen molar-refractivity contribution in [3.8, 4) is 0 Å². The van der Waals surface area contributed by atoms with Gasteiger partial charge in [-0.15, -0.1) is 11.3 Å². The molecule has 7 heteroatoms. The summed E-state index contributed by atoms with van der Waals surface area (Å²) < 4.78 is 11.2. The van der Waals surface area contributed by atoms with Crippen molar-refractivity contribution >= 4 is 39.1 Å². The van der Waals surface area contributed by atoms with Crippen molar-refractivity contribution in [3.63, 3.8) is 0 Å². The third-order valence-corrected chi connectivity index (χ3v) is 4.34. The molecule has 1 atom stereocenters. The fraction of sp³-hybridized carbons (Fsp3) is 0.600. The van der Waals surface area contributed by atoms with Crippen LogP contribution in [-0.2, 0) is 9.47 Å². The molecule has 0 radical (unpaired) electrons. The lowest BCUT2D eigenvalue weighted by Gasteiger charge is -2.23. The molecule has 0 aliphatic rings. The molecule has 1 amide bonds. The van der Waals surface area contributed by atoms with Crippen LogP contribution < -0.4 is 5.32 Å². The topological polar surface area (TPSA) is 64.6 Å². The lowest BCUT2D eigenvalue weighted by molar-refractivity contribution is 0.0490. The molecule has 0 saturated heterocycles. The number of methoxy groups -OCH3 is 1. The lowest BCUT2D eigenvalue weighted by Crippen LogP contribution is -2.40. The number of carbonyl (C=O) groups is 2. The number of alkyl carbamates (subject to hydrolysis) is 1. The number of rotatable bonds is 7. The van der Waals surface area contributed by atoms with Crippen LogP contribution in [0.4, 0.5) is 4.79 Å². The van der Waals surface area contributed by atoms with Gasteiger partial charge in [0, 0.05) is 26.2 Å². The Hall–Kier alpha value is -0.920. The van der Waals surface area contributed by atoms with Gasteiger partial charge in [-0.05, 0) is 55.3 Å². The number of Topliss-reactive ketones (excluding diaryl/α,β-unsaturated/α-hetero) is 1. The minimum absolute atomic E-state index is 0.00661. The molecule has 0 aliphatic heterocycles. The van der Waals surface area contributed by atoms with Crippen molar-refractivity contribution in [3.05, 3.63) is 20.8 Å². The van der Waals surface area contributed by atoms with Crippen LogP contribution in [-0.4, -0.2) is 37.2 Å². The second kappa shape index (κ2) is 8.64. The Bertz CT molecular complexity index is 510. The van der Waals surface area contributed by atoms with Crippen LogP contribution in [0, 0.1) is 0 Å². The Morgan fingerprint density at radius 1 is 1.36 bits per heavy atom. The predicted molar refractivity (Wildman–Crippen MR) is 90.6 cm³/mol. The lowest BCUT2D eigenvalue weighted by atomic mass is 10.1. The van der Waals surface area contributed by atoms with E-state index in [0.717, 1.165) is 3.79 Å². The summed E-state index contributed by atoms with van der Waals surface area (Å²) >= 11 is 4.72. The molecule has 1 aromatic heterocycles. The SMILES string of the molecule is COCCC(CC(=O)c1ccc(Br)s1)NC(=O)OC(C)(C)C. The molecule has 0 bridgehead atoms. The number of ether oxygens (including phenoxy) is 2. The normalized spacial score (nSPS) is 12.8. The minimum Gasteiger partial charge on any atom is -0.444 e. The average molecular weight is 392 g/mol. The van der Waals surface area contributed by atoms with Gasteiger partial charge in [-0.3, -0.25) is 4.79 Å². The average Bonchev–Trinajstić information content (AvgIpc) is 2.80. The maximum Gasteiger partial charge on any atom is 0.407 e. The van der Waals surface area contributed by atoms with Gasteiger partial charge in [0.15, 0.2) is 5.78 Å². The van der Waals surface area contributed by atoms with Crippen molar-refractivity contribution in [2.75, 3.05) is 13.7 Å². The maximum absolute atomic E-state index is 12.3. The molecule has 0 aliphatic carbocycles. The van der Waals surface area contributed by atoms with Crippen LogP contribution in [0.3, 0.4) is 0 Å². The zero-order valence-electron chi connectivity index (χ0n) is 13.3. The fourth-order valence-electron chi connectivity index (χ4n) is 1.75. The molecule has 1 N–H and O–H groups in total. The number of nitrogens with one attached hydrogen (secondary N) is 1. The Kier molecular flexibility index (Phi) is 7.52. The van der Waals surface area contributed by atoms with E-state index >= 15 is 0 Å². The van der Waals surface area contributed by atoms with Gasteiger partial charge in [-0.25, -0.2) is 4.79 Å². The fourth-order valence-corrected chi connectivity index (χ4v) is 3.08. The van der Waals surface area contributed by atoms with Gasteiger partial charge in [-0.1, -0.05) is 0 Å². The Labute approximate surface area is 143 Å². The zero-order chi connectivity index (χ0) is 16.8. The van der Waals surface area contributed by atoms with E-state index in [1.54, 1.807) is 33.9 Å². The van der Waals surface area contributed by atoms with Gasteiger partial charge in [0.05, 0.1) is 8.66 Å². The quantitative estimate of drug-likeness (QED) is 0.712. The molecule has 0 aromatic carbocycles. The van der Waals surface area contributed by atoms with E-state index in [1.165, 1.54) is 11.3 Å². The van der Waals surface area contributed by atoms with Crippen LogP contribution in [0.25, 0.3) is 0 Å². The molecule has 1 aromatic rings. The standard InChI is InChI=1S/C15H22BrNO4S/c1-15(2,3)21-14(19)17-10(7-8-20-4)9-11(18)12-5-6-13(16)22-12/h5-6,10H,7-9H2,1-4H3,(H,17,19). The predicted octanol–water partition coefficient (Wildman–Crippen LogP) is 4.01. The van der Waals surface area contributed by atoms with E-state index in [0.29, 0.717) is 17.9 Å². The Morgan fingerprint density at radius 2 is 2.05 bits per heavy atom. The molecular formula is C15H22BrNO4S. The summed E-state index contributed by atoms with van der Waals surface area (Å²) in [6.07, 6.45) is 0.248. The van der Waals surface area contributed by atoms with Gasteiger partial charge in [0.2, 0.25) is 0 Å². The summed E-state index contributed by atoms with van der Waals surface area (Å²) in [7, 11) is 1.59. The summed E-state index contributed by atoms with van der Waals surface area (Å²) in [6.45, 7) is 5.85. The first-order valence-electron chi connectivity index (χ1n) is 6.98. The van der Waals surface area contributed by atoms with Crippen LogP contribution in [0.5, 0.6) is 0 Å². The van der Waals surface area contributed by atoms with Crippen molar-refractivity contribution in [2.24, 2.45) is 0 Å². The second-order valence-electron chi connectivity index (χ2n) is 5.86. The van der Waals surface area contributed by atoms with E-state index in [4.69, 9.17) is 9.47 Å². The molecule has 22 heavy (non-hydrogen) atoms. The number of amides is 1. The van der Waals surface area contributed by atoms with Crippen LogP contribution in [0.1, 0.15) is 43.3 Å². The molecule has 0 spiro atoms. The third kappa shape index (κ3) is 7.38. The highest BCUT2D eigenvalue weighted by atomic mass is 79.9. The van der Waals surface area contributed by atoms with E-state index in [2.05, 4.69) is 21.2 Å². The summed E-state index contributed by atoms with van der Waals surface area (Å²) in [6, 6.07) is 3.30. The van der Waals surface area contributed by atoms with E-state index in [-0.39, 0.29) is 18.2 Å². The minimum atomic E-state index is -0.571. The summed E-state index contributed by atoms with van der Waals surface area (Å²) in [4.78, 5) is 24.8. The van der Waals surface area contributed by atoms with Crippen molar-refractivity contribution in [1.82, 2.24) is 5.32 Å². The zero-order valence-corrected chi connectivity index (χ0v) is 15.7. The largest absolute Gasteiger partial charge is 0.444 e. The molecule has 1 rings (SSSR count). The monoisotopic (exact) mass is 391 g/mol. The number of hydrogen-bond donors (Lipinski definition) is 1. The van der Waals surface area contributed by atoms with Gasteiger partial charge in [0.25, 0.3) is 0 Å². The third-order valence-electron chi connectivity index (χ3n) is 2.67. The number of thiophene rings is 1. The van der Waals surface area contributed by atoms with Gasteiger partial charge in [-0.2, -0.15) is 0 Å². The molecule has 124 valence electrons.